The highest BCUT2D eigenvalue weighted by molar-refractivity contribution is 6.22. The molecule has 0 unspecified atom stereocenters. The summed E-state index contributed by atoms with van der Waals surface area (Å²) in [6.45, 7) is 2.80. The number of dihydropyridines is 1. The number of nitrogens with two attached hydrogens (primary N) is 1. The highest BCUT2D eigenvalue weighted by Gasteiger charge is 2.21. The van der Waals surface area contributed by atoms with E-state index in [9.17, 15) is 0 Å². The van der Waals surface area contributed by atoms with Gasteiger partial charge in [-0.15, -0.1) is 0 Å². The van der Waals surface area contributed by atoms with Crippen LogP contribution in [0.2, 0.25) is 0 Å². The number of aliphatic imine (C=N–C) groups is 1. The van der Waals surface area contributed by atoms with E-state index in [2.05, 4.69) is 59.0 Å². The third kappa shape index (κ3) is 3.10. The van der Waals surface area contributed by atoms with E-state index in [1.54, 1.807) is 0 Å². The SMILES string of the molecule is Cc1ccc(-n2c(C3=CCCN=C3N)nc3ccc(-c4ccccc4)nc32)cc1. The molecule has 0 fully saturated rings. The number of imidazole rings is 1. The molecule has 0 aliphatic carbocycles. The van der Waals surface area contributed by atoms with Gasteiger partial charge < -0.3 is 5.73 Å². The Kier molecular flexibility index (Phi) is 4.21. The van der Waals surface area contributed by atoms with Crippen molar-refractivity contribution in [1.82, 2.24) is 14.5 Å². The first-order valence-electron chi connectivity index (χ1n) is 9.73. The third-order valence-electron chi connectivity index (χ3n) is 5.14. The lowest BCUT2D eigenvalue weighted by molar-refractivity contribution is 0.976. The number of pyridine rings is 1. The molecule has 2 aromatic heterocycles. The number of nitrogens with zero attached hydrogens (tertiary/aromatic N) is 4. The van der Waals surface area contributed by atoms with Gasteiger partial charge in [-0.05, 0) is 37.6 Å². The highest BCUT2D eigenvalue weighted by atomic mass is 15.1. The van der Waals surface area contributed by atoms with Gasteiger partial charge in [-0.3, -0.25) is 9.56 Å². The van der Waals surface area contributed by atoms with Crippen molar-refractivity contribution in [1.29, 1.82) is 0 Å². The molecule has 0 radical (unpaired) electrons. The summed E-state index contributed by atoms with van der Waals surface area (Å²) in [7, 11) is 0. The van der Waals surface area contributed by atoms with Crippen molar-refractivity contribution in [2.75, 3.05) is 6.54 Å². The molecular weight excluding hydrogens is 358 g/mol. The molecule has 0 saturated carbocycles. The molecule has 0 amide bonds. The Morgan fingerprint density at radius 1 is 0.897 bits per heavy atom. The van der Waals surface area contributed by atoms with Gasteiger partial charge in [0.1, 0.15) is 17.2 Å². The summed E-state index contributed by atoms with van der Waals surface area (Å²) >= 11 is 0. The fraction of sp³-hybridized carbons (Fsp3) is 0.125. The molecule has 5 rings (SSSR count). The van der Waals surface area contributed by atoms with E-state index in [1.165, 1.54) is 5.56 Å². The number of benzene rings is 2. The molecule has 4 aromatic rings. The van der Waals surface area contributed by atoms with Crippen LogP contribution >= 0.6 is 0 Å². The van der Waals surface area contributed by atoms with E-state index in [4.69, 9.17) is 15.7 Å². The van der Waals surface area contributed by atoms with Gasteiger partial charge in [0.2, 0.25) is 0 Å². The van der Waals surface area contributed by atoms with Crippen LogP contribution in [0.4, 0.5) is 0 Å². The van der Waals surface area contributed by atoms with Gasteiger partial charge >= 0.3 is 0 Å². The average molecular weight is 379 g/mol. The van der Waals surface area contributed by atoms with Gasteiger partial charge in [0.15, 0.2) is 5.65 Å². The molecule has 29 heavy (non-hydrogen) atoms. The quantitative estimate of drug-likeness (QED) is 0.568. The molecule has 0 spiro atoms. The molecule has 2 N–H and O–H groups in total. The molecule has 1 aliphatic heterocycles. The summed E-state index contributed by atoms with van der Waals surface area (Å²) in [5, 5.41) is 0. The summed E-state index contributed by atoms with van der Waals surface area (Å²) in [4.78, 5) is 14.3. The van der Waals surface area contributed by atoms with Crippen LogP contribution in [-0.4, -0.2) is 26.9 Å². The van der Waals surface area contributed by atoms with Crippen molar-refractivity contribution in [2.24, 2.45) is 10.7 Å². The Hall–Kier alpha value is -3.73. The Balaban J connectivity index is 1.78. The van der Waals surface area contributed by atoms with Gasteiger partial charge in [0.25, 0.3) is 0 Å². The van der Waals surface area contributed by atoms with Crippen LogP contribution in [0, 0.1) is 6.92 Å². The lowest BCUT2D eigenvalue weighted by Crippen LogP contribution is -2.20. The van der Waals surface area contributed by atoms with Crippen molar-refractivity contribution < 1.29 is 0 Å². The van der Waals surface area contributed by atoms with E-state index in [0.29, 0.717) is 5.84 Å². The Morgan fingerprint density at radius 2 is 1.69 bits per heavy atom. The lowest BCUT2D eigenvalue weighted by atomic mass is 10.1. The lowest BCUT2D eigenvalue weighted by Gasteiger charge is -2.14. The van der Waals surface area contributed by atoms with Crippen LogP contribution in [0.1, 0.15) is 17.8 Å². The van der Waals surface area contributed by atoms with Crippen molar-refractivity contribution in [3.05, 3.63) is 84.2 Å². The van der Waals surface area contributed by atoms with Crippen LogP contribution in [0.5, 0.6) is 0 Å². The second kappa shape index (κ2) is 7.02. The van der Waals surface area contributed by atoms with E-state index < -0.39 is 0 Å². The minimum atomic E-state index is 0.531. The monoisotopic (exact) mass is 379 g/mol. The first kappa shape index (κ1) is 17.4. The maximum absolute atomic E-state index is 6.23. The molecule has 5 nitrogen and oxygen atoms in total. The third-order valence-corrected chi connectivity index (χ3v) is 5.14. The second-order valence-electron chi connectivity index (χ2n) is 7.19. The minimum absolute atomic E-state index is 0.531. The fourth-order valence-electron chi connectivity index (χ4n) is 3.64. The number of amidine groups is 1. The summed E-state index contributed by atoms with van der Waals surface area (Å²) in [5.41, 5.74) is 12.9. The first-order valence-corrected chi connectivity index (χ1v) is 9.73. The molecule has 5 heteroatoms. The number of rotatable bonds is 3. The average Bonchev–Trinajstić information content (AvgIpc) is 3.14. The zero-order chi connectivity index (χ0) is 19.8. The minimum Gasteiger partial charge on any atom is -0.383 e. The van der Waals surface area contributed by atoms with Crippen LogP contribution in [0.3, 0.4) is 0 Å². The highest BCUT2D eigenvalue weighted by Crippen LogP contribution is 2.29. The van der Waals surface area contributed by atoms with Gasteiger partial charge in [-0.2, -0.15) is 0 Å². The van der Waals surface area contributed by atoms with Crippen molar-refractivity contribution in [3.8, 4) is 16.9 Å². The predicted molar refractivity (Wildman–Crippen MR) is 118 cm³/mol. The van der Waals surface area contributed by atoms with Crippen LogP contribution in [0.15, 0.2) is 77.8 Å². The summed E-state index contributed by atoms with van der Waals surface area (Å²) in [6.07, 6.45) is 2.97. The maximum atomic E-state index is 6.23. The zero-order valence-electron chi connectivity index (χ0n) is 16.2. The van der Waals surface area contributed by atoms with Crippen LogP contribution in [0.25, 0.3) is 33.7 Å². The Bertz CT molecular complexity index is 1250. The molecule has 0 atom stereocenters. The molecule has 0 saturated heterocycles. The number of fused-ring (bicyclic) bond motifs is 1. The number of aryl methyl sites for hydroxylation is 1. The largest absolute Gasteiger partial charge is 0.383 e. The van der Waals surface area contributed by atoms with Crippen molar-refractivity contribution in [2.45, 2.75) is 13.3 Å². The zero-order valence-corrected chi connectivity index (χ0v) is 16.2. The van der Waals surface area contributed by atoms with Crippen molar-refractivity contribution in [3.63, 3.8) is 0 Å². The summed E-state index contributed by atoms with van der Waals surface area (Å²) in [5.74, 6) is 1.31. The van der Waals surface area contributed by atoms with Gasteiger partial charge in [0, 0.05) is 17.8 Å². The van der Waals surface area contributed by atoms with E-state index >= 15 is 0 Å². The number of aromatic nitrogens is 3. The normalized spacial score (nSPS) is 14.0. The standard InChI is InChI=1S/C24H21N5/c1-16-9-11-18(12-10-16)29-23(19-8-5-15-26-22(19)25)28-21-14-13-20(27-24(21)29)17-6-3-2-4-7-17/h2-4,6-14H,5,15H2,1H3,(H2,25,26). The predicted octanol–water partition coefficient (Wildman–Crippen LogP) is 4.54. The number of hydrogen-bond donors (Lipinski definition) is 1. The molecule has 2 aromatic carbocycles. The van der Waals surface area contributed by atoms with E-state index in [1.807, 2.05) is 30.3 Å². The van der Waals surface area contributed by atoms with Gasteiger partial charge in [-0.25, -0.2) is 9.97 Å². The summed E-state index contributed by atoms with van der Waals surface area (Å²) < 4.78 is 2.08. The molecule has 142 valence electrons. The fourth-order valence-corrected chi connectivity index (χ4v) is 3.64. The maximum Gasteiger partial charge on any atom is 0.165 e. The van der Waals surface area contributed by atoms with Crippen molar-refractivity contribution >= 4 is 22.6 Å². The summed E-state index contributed by atoms with van der Waals surface area (Å²) in [6, 6.07) is 22.6. The molecule has 0 bridgehead atoms. The molecule has 1 aliphatic rings. The van der Waals surface area contributed by atoms with Gasteiger partial charge in [-0.1, -0.05) is 54.1 Å². The first-order chi connectivity index (χ1) is 14.2. The Morgan fingerprint density at radius 3 is 2.45 bits per heavy atom. The molecule has 3 heterocycles. The van der Waals surface area contributed by atoms with E-state index in [-0.39, 0.29) is 0 Å². The van der Waals surface area contributed by atoms with Gasteiger partial charge in [0.05, 0.1) is 11.3 Å². The van der Waals surface area contributed by atoms with E-state index in [0.717, 1.165) is 52.5 Å². The van der Waals surface area contributed by atoms with Crippen LogP contribution < -0.4 is 5.73 Å². The smallest absolute Gasteiger partial charge is 0.165 e. The van der Waals surface area contributed by atoms with Crippen LogP contribution in [-0.2, 0) is 0 Å². The topological polar surface area (TPSA) is 69.1 Å². The number of hydrogen-bond acceptors (Lipinski definition) is 4. The molecular formula is C24H21N5. The Labute approximate surface area is 169 Å². The second-order valence-corrected chi connectivity index (χ2v) is 7.19.